The van der Waals surface area contributed by atoms with Crippen LogP contribution in [-0.2, 0) is 7.05 Å². The minimum Gasteiger partial charge on any atom is -0.383 e. The molecule has 0 aliphatic rings. The summed E-state index contributed by atoms with van der Waals surface area (Å²) in [7, 11) is 1.89. The van der Waals surface area contributed by atoms with Gasteiger partial charge in [-0.05, 0) is 12.1 Å². The summed E-state index contributed by atoms with van der Waals surface area (Å²) in [4.78, 5) is 6.03. The minimum absolute atomic E-state index is 0.557. The molecule has 0 unspecified atom stereocenters. The fraction of sp³-hybridized carbons (Fsp3) is 0.111. The lowest BCUT2D eigenvalue weighted by atomic mass is 10.5. The maximum Gasteiger partial charge on any atom is 0.137 e. The van der Waals surface area contributed by atoms with Gasteiger partial charge in [0.1, 0.15) is 5.82 Å². The van der Waals surface area contributed by atoms with Crippen LogP contribution in [0.4, 0.5) is 5.82 Å². The normalized spacial score (nSPS) is 10.4. The molecule has 0 atom stereocenters. The molecule has 2 rings (SSSR count). The van der Waals surface area contributed by atoms with E-state index in [0.29, 0.717) is 5.82 Å². The van der Waals surface area contributed by atoms with E-state index < -0.39 is 0 Å². The molecule has 0 amide bonds. The SMILES string of the molecule is Cn1cc(Sc2cccnc2N)cn1. The van der Waals surface area contributed by atoms with Crippen LogP contribution in [0.15, 0.2) is 40.5 Å². The lowest BCUT2D eigenvalue weighted by Crippen LogP contribution is -1.90. The molecule has 2 aromatic heterocycles. The van der Waals surface area contributed by atoms with Gasteiger partial charge in [0.25, 0.3) is 0 Å². The first kappa shape index (κ1) is 9.08. The second-order valence-corrected chi connectivity index (χ2v) is 3.95. The van der Waals surface area contributed by atoms with Crippen LogP contribution in [0.3, 0.4) is 0 Å². The fourth-order valence-electron chi connectivity index (χ4n) is 1.07. The molecular formula is C9H10N4S. The van der Waals surface area contributed by atoms with Crippen molar-refractivity contribution in [3.8, 4) is 0 Å². The Morgan fingerprint density at radius 2 is 2.36 bits per heavy atom. The summed E-state index contributed by atoms with van der Waals surface area (Å²) in [5.41, 5.74) is 5.72. The summed E-state index contributed by atoms with van der Waals surface area (Å²) in [5, 5.41) is 4.08. The van der Waals surface area contributed by atoms with Crippen LogP contribution in [0.2, 0.25) is 0 Å². The third-order valence-electron chi connectivity index (χ3n) is 1.71. The molecule has 0 radical (unpaired) electrons. The highest BCUT2D eigenvalue weighted by molar-refractivity contribution is 7.99. The summed E-state index contributed by atoms with van der Waals surface area (Å²) >= 11 is 1.56. The predicted molar refractivity (Wildman–Crippen MR) is 56.0 cm³/mol. The average molecular weight is 206 g/mol. The molecule has 2 N–H and O–H groups in total. The van der Waals surface area contributed by atoms with E-state index in [9.17, 15) is 0 Å². The van der Waals surface area contributed by atoms with Gasteiger partial charge >= 0.3 is 0 Å². The van der Waals surface area contributed by atoms with Gasteiger partial charge in [-0.25, -0.2) is 4.98 Å². The third-order valence-corrected chi connectivity index (χ3v) is 2.72. The fourth-order valence-corrected chi connectivity index (χ4v) is 1.93. The smallest absolute Gasteiger partial charge is 0.137 e. The van der Waals surface area contributed by atoms with E-state index in [4.69, 9.17) is 5.73 Å². The molecule has 72 valence electrons. The summed E-state index contributed by atoms with van der Waals surface area (Å²) in [6, 6.07) is 3.81. The monoisotopic (exact) mass is 206 g/mol. The van der Waals surface area contributed by atoms with Gasteiger partial charge in [0, 0.05) is 19.4 Å². The second kappa shape index (κ2) is 3.71. The Bertz CT molecular complexity index is 438. The highest BCUT2D eigenvalue weighted by atomic mass is 32.2. The first-order valence-electron chi connectivity index (χ1n) is 4.13. The Morgan fingerprint density at radius 1 is 1.50 bits per heavy atom. The number of aromatic nitrogens is 3. The van der Waals surface area contributed by atoms with Gasteiger partial charge < -0.3 is 5.73 Å². The van der Waals surface area contributed by atoms with E-state index in [1.807, 2.05) is 25.4 Å². The van der Waals surface area contributed by atoms with Crippen molar-refractivity contribution < 1.29 is 0 Å². The lowest BCUT2D eigenvalue weighted by molar-refractivity contribution is 0.766. The molecule has 5 heteroatoms. The van der Waals surface area contributed by atoms with Crippen LogP contribution < -0.4 is 5.73 Å². The van der Waals surface area contributed by atoms with E-state index in [1.54, 1.807) is 28.8 Å². The van der Waals surface area contributed by atoms with Crippen molar-refractivity contribution in [2.24, 2.45) is 7.05 Å². The van der Waals surface area contributed by atoms with Gasteiger partial charge in [0.15, 0.2) is 0 Å². The number of anilines is 1. The number of nitrogens with two attached hydrogens (primary N) is 1. The van der Waals surface area contributed by atoms with Gasteiger partial charge in [-0.3, -0.25) is 4.68 Å². The quantitative estimate of drug-likeness (QED) is 0.810. The van der Waals surface area contributed by atoms with Gasteiger partial charge in [-0.1, -0.05) is 11.8 Å². The molecule has 0 spiro atoms. The number of rotatable bonds is 2. The molecule has 0 bridgehead atoms. The Labute approximate surface area is 86.1 Å². The van der Waals surface area contributed by atoms with E-state index in [-0.39, 0.29) is 0 Å². The van der Waals surface area contributed by atoms with Gasteiger partial charge in [-0.2, -0.15) is 5.10 Å². The van der Waals surface area contributed by atoms with Crippen LogP contribution in [0, 0.1) is 0 Å². The number of hydrogen-bond acceptors (Lipinski definition) is 4. The zero-order valence-corrected chi connectivity index (χ0v) is 8.53. The molecule has 2 aromatic rings. The van der Waals surface area contributed by atoms with E-state index in [1.165, 1.54) is 0 Å². The number of aryl methyl sites for hydroxylation is 1. The highest BCUT2D eigenvalue weighted by Crippen LogP contribution is 2.29. The molecule has 14 heavy (non-hydrogen) atoms. The number of nitrogens with zero attached hydrogens (tertiary/aromatic N) is 3. The molecule has 2 heterocycles. The van der Waals surface area contributed by atoms with Crippen molar-refractivity contribution in [1.82, 2.24) is 14.8 Å². The van der Waals surface area contributed by atoms with Crippen molar-refractivity contribution >= 4 is 17.6 Å². The molecule has 0 aliphatic heterocycles. The van der Waals surface area contributed by atoms with Crippen LogP contribution >= 0.6 is 11.8 Å². The second-order valence-electron chi connectivity index (χ2n) is 2.84. The Kier molecular flexibility index (Phi) is 2.41. The maximum atomic E-state index is 5.72. The zero-order valence-electron chi connectivity index (χ0n) is 7.71. The van der Waals surface area contributed by atoms with Gasteiger partial charge in [-0.15, -0.1) is 0 Å². The van der Waals surface area contributed by atoms with Crippen molar-refractivity contribution in [2.45, 2.75) is 9.79 Å². The minimum atomic E-state index is 0.557. The predicted octanol–water partition coefficient (Wildman–Crippen LogP) is 1.55. The van der Waals surface area contributed by atoms with Crippen LogP contribution in [-0.4, -0.2) is 14.8 Å². The molecule has 4 nitrogen and oxygen atoms in total. The summed E-state index contributed by atoms with van der Waals surface area (Å²) in [5.74, 6) is 0.557. The molecule has 0 aromatic carbocycles. The number of nitrogen functional groups attached to an aromatic ring is 1. The van der Waals surface area contributed by atoms with Gasteiger partial charge in [0.05, 0.1) is 16.0 Å². The van der Waals surface area contributed by atoms with Gasteiger partial charge in [0.2, 0.25) is 0 Å². The standard InChI is InChI=1S/C9H10N4S/c1-13-6-7(5-12-13)14-8-3-2-4-11-9(8)10/h2-6H,1H3,(H2,10,11). The number of pyridine rings is 1. The molecule has 0 saturated heterocycles. The van der Waals surface area contributed by atoms with Crippen molar-refractivity contribution in [1.29, 1.82) is 0 Å². The Balaban J connectivity index is 2.23. The summed E-state index contributed by atoms with van der Waals surface area (Å²) in [6.45, 7) is 0. The lowest BCUT2D eigenvalue weighted by Gasteiger charge is -2.00. The zero-order chi connectivity index (χ0) is 9.97. The topological polar surface area (TPSA) is 56.7 Å². The highest BCUT2D eigenvalue weighted by Gasteiger charge is 2.02. The Morgan fingerprint density at radius 3 is 3.00 bits per heavy atom. The van der Waals surface area contributed by atoms with E-state index in [2.05, 4.69) is 10.1 Å². The van der Waals surface area contributed by atoms with Crippen LogP contribution in [0.25, 0.3) is 0 Å². The molecule has 0 saturated carbocycles. The number of hydrogen-bond donors (Lipinski definition) is 1. The van der Waals surface area contributed by atoms with Crippen LogP contribution in [0.1, 0.15) is 0 Å². The summed E-state index contributed by atoms with van der Waals surface area (Å²) in [6.07, 6.45) is 5.43. The van der Waals surface area contributed by atoms with Crippen LogP contribution in [0.5, 0.6) is 0 Å². The average Bonchev–Trinajstić information content (AvgIpc) is 2.56. The third kappa shape index (κ3) is 1.88. The first-order chi connectivity index (χ1) is 6.75. The molecule has 0 aliphatic carbocycles. The Hall–Kier alpha value is -1.49. The van der Waals surface area contributed by atoms with E-state index >= 15 is 0 Å². The van der Waals surface area contributed by atoms with Crippen molar-refractivity contribution in [2.75, 3.05) is 5.73 Å². The maximum absolute atomic E-state index is 5.72. The largest absolute Gasteiger partial charge is 0.383 e. The van der Waals surface area contributed by atoms with E-state index in [0.717, 1.165) is 9.79 Å². The van der Waals surface area contributed by atoms with Crippen molar-refractivity contribution in [3.63, 3.8) is 0 Å². The summed E-state index contributed by atoms with van der Waals surface area (Å²) < 4.78 is 1.76. The van der Waals surface area contributed by atoms with Crippen molar-refractivity contribution in [3.05, 3.63) is 30.7 Å². The molecule has 0 fully saturated rings. The first-order valence-corrected chi connectivity index (χ1v) is 4.94. The molecular weight excluding hydrogens is 196 g/mol.